The Balaban J connectivity index is 4.07. The molecule has 0 heterocycles. The number of likely N-dealkylation sites (N-methyl/N-ethyl adjacent to an activating group) is 1. The lowest BCUT2D eigenvalue weighted by Crippen LogP contribution is -2.43. The molecule has 10 heteroatoms. The van der Waals surface area contributed by atoms with Crippen molar-refractivity contribution in [1.82, 2.24) is 9.62 Å². The molecule has 0 spiro atoms. The third-order valence-corrected chi connectivity index (χ3v) is 2.28. The Morgan fingerprint density at radius 3 is 2.27 bits per heavy atom. The molecule has 0 aromatic rings. The zero-order chi connectivity index (χ0) is 12.3. The van der Waals surface area contributed by atoms with Crippen molar-refractivity contribution in [2.75, 3.05) is 20.1 Å². The van der Waals surface area contributed by atoms with Gasteiger partial charge < -0.3 is 5.32 Å². The Morgan fingerprint density at radius 2 is 1.93 bits per heavy atom. The fraction of sp³-hybridized carbons (Fsp3) is 0.800. The van der Waals surface area contributed by atoms with Crippen molar-refractivity contribution >= 4 is 16.1 Å². The predicted molar refractivity (Wildman–Crippen MR) is 44.8 cm³/mol. The number of amides is 1. The average Bonchev–Trinajstić information content (AvgIpc) is 1.97. The zero-order valence-electron chi connectivity index (χ0n) is 7.71. The second kappa shape index (κ2) is 4.77. The Labute approximate surface area is 84.4 Å². The van der Waals surface area contributed by atoms with Crippen LogP contribution in [-0.4, -0.2) is 44.9 Å². The minimum atomic E-state index is -4.53. The maximum absolute atomic E-state index is 11.6. The van der Waals surface area contributed by atoms with Gasteiger partial charge >= 0.3 is 6.18 Å². The summed E-state index contributed by atoms with van der Waals surface area (Å²) in [4.78, 5) is 10.8. The first-order valence-electron chi connectivity index (χ1n) is 3.60. The number of carbonyl (C=O) groups excluding carboxylic acids is 1. The fourth-order valence-electron chi connectivity index (χ4n) is 0.547. The molecule has 0 radical (unpaired) electrons. The predicted octanol–water partition coefficient (Wildman–Crippen LogP) is -1.20. The van der Waals surface area contributed by atoms with Crippen LogP contribution in [0.25, 0.3) is 0 Å². The topological polar surface area (TPSA) is 92.5 Å². The van der Waals surface area contributed by atoms with E-state index in [1.807, 2.05) is 0 Å². The van der Waals surface area contributed by atoms with Crippen LogP contribution in [0.4, 0.5) is 13.2 Å². The number of rotatable bonds is 4. The lowest BCUT2D eigenvalue weighted by molar-refractivity contribution is -0.138. The summed E-state index contributed by atoms with van der Waals surface area (Å²) >= 11 is 0. The lowest BCUT2D eigenvalue weighted by Gasteiger charge is -2.13. The number of carbonyl (C=O) groups is 1. The number of nitrogens with one attached hydrogen (secondary N) is 1. The molecule has 0 saturated heterocycles. The molecular formula is C5H10F3N3O3S. The van der Waals surface area contributed by atoms with Gasteiger partial charge in [-0.2, -0.15) is 25.9 Å². The molecule has 0 aliphatic rings. The molecule has 0 aromatic heterocycles. The average molecular weight is 249 g/mol. The molecule has 1 amide bonds. The summed E-state index contributed by atoms with van der Waals surface area (Å²) in [7, 11) is -3.09. The molecule has 3 N–H and O–H groups in total. The van der Waals surface area contributed by atoms with Crippen LogP contribution in [0.15, 0.2) is 0 Å². The molecule has 0 saturated carbocycles. The number of hydrogen-bond donors (Lipinski definition) is 2. The largest absolute Gasteiger partial charge is 0.405 e. The lowest BCUT2D eigenvalue weighted by atomic mass is 10.5. The standard InChI is InChI=1S/C5H10F3N3O3S/c1-11(15(9,13)14)2-4(12)10-3-5(6,7)8/h2-3H2,1H3,(H,10,12)(H2,9,13,14). The molecular weight excluding hydrogens is 239 g/mol. The van der Waals surface area contributed by atoms with Crippen molar-refractivity contribution in [3.63, 3.8) is 0 Å². The Morgan fingerprint density at radius 1 is 1.47 bits per heavy atom. The number of halogens is 3. The summed E-state index contributed by atoms with van der Waals surface area (Å²) in [5.74, 6) is -1.08. The third-order valence-electron chi connectivity index (χ3n) is 1.29. The Hall–Kier alpha value is -0.870. The van der Waals surface area contributed by atoms with Crippen LogP contribution in [0.3, 0.4) is 0 Å². The molecule has 0 aromatic carbocycles. The third kappa shape index (κ3) is 7.11. The van der Waals surface area contributed by atoms with E-state index in [1.54, 1.807) is 0 Å². The molecule has 15 heavy (non-hydrogen) atoms. The molecule has 0 bridgehead atoms. The first-order chi connectivity index (χ1) is 6.52. The smallest absolute Gasteiger partial charge is 0.346 e. The van der Waals surface area contributed by atoms with Crippen molar-refractivity contribution in [3.05, 3.63) is 0 Å². The minimum absolute atomic E-state index is 0.429. The van der Waals surface area contributed by atoms with Gasteiger partial charge in [0.15, 0.2) is 0 Å². The van der Waals surface area contributed by atoms with Gasteiger partial charge in [-0.05, 0) is 0 Å². The van der Waals surface area contributed by atoms with E-state index in [2.05, 4.69) is 5.14 Å². The summed E-state index contributed by atoms with van der Waals surface area (Å²) < 4.78 is 56.4. The van der Waals surface area contributed by atoms with Crippen LogP contribution in [0.5, 0.6) is 0 Å². The summed E-state index contributed by atoms with van der Waals surface area (Å²) in [5.41, 5.74) is 0. The molecule has 0 atom stereocenters. The molecule has 0 aliphatic carbocycles. The summed E-state index contributed by atoms with van der Waals surface area (Å²) in [6.45, 7) is -2.26. The highest BCUT2D eigenvalue weighted by Crippen LogP contribution is 2.11. The van der Waals surface area contributed by atoms with Gasteiger partial charge in [-0.1, -0.05) is 0 Å². The summed E-state index contributed by atoms with van der Waals surface area (Å²) in [6.07, 6.45) is -4.53. The maximum Gasteiger partial charge on any atom is 0.405 e. The van der Waals surface area contributed by atoms with E-state index in [9.17, 15) is 26.4 Å². The van der Waals surface area contributed by atoms with Gasteiger partial charge in [-0.3, -0.25) is 4.79 Å². The van der Waals surface area contributed by atoms with Crippen molar-refractivity contribution in [3.8, 4) is 0 Å². The Bertz CT molecular complexity index is 326. The number of nitrogens with zero attached hydrogens (tertiary/aromatic N) is 1. The first kappa shape index (κ1) is 14.1. The van der Waals surface area contributed by atoms with E-state index >= 15 is 0 Å². The number of alkyl halides is 3. The summed E-state index contributed by atoms with van der Waals surface area (Å²) in [6, 6.07) is 0. The second-order valence-corrected chi connectivity index (χ2v) is 4.35. The van der Waals surface area contributed by atoms with Gasteiger partial charge in [-0.25, -0.2) is 5.14 Å². The minimum Gasteiger partial charge on any atom is -0.346 e. The van der Waals surface area contributed by atoms with E-state index in [-0.39, 0.29) is 0 Å². The monoisotopic (exact) mass is 249 g/mol. The molecule has 0 fully saturated rings. The van der Waals surface area contributed by atoms with Crippen LogP contribution in [-0.2, 0) is 15.0 Å². The number of nitrogens with two attached hydrogens (primary N) is 1. The SMILES string of the molecule is CN(CC(=O)NCC(F)(F)F)S(N)(=O)=O. The highest BCUT2D eigenvalue weighted by atomic mass is 32.2. The molecule has 0 unspecified atom stereocenters. The van der Waals surface area contributed by atoms with E-state index in [4.69, 9.17) is 0 Å². The van der Waals surface area contributed by atoms with Gasteiger partial charge in [0, 0.05) is 7.05 Å². The van der Waals surface area contributed by atoms with Crippen LogP contribution >= 0.6 is 0 Å². The molecule has 6 nitrogen and oxygen atoms in total. The van der Waals surface area contributed by atoms with E-state index < -0.39 is 35.4 Å². The van der Waals surface area contributed by atoms with E-state index in [1.165, 1.54) is 5.32 Å². The van der Waals surface area contributed by atoms with Gasteiger partial charge in [0.25, 0.3) is 10.2 Å². The first-order valence-corrected chi connectivity index (χ1v) is 5.10. The fourth-order valence-corrected chi connectivity index (χ4v) is 0.844. The zero-order valence-corrected chi connectivity index (χ0v) is 8.52. The van der Waals surface area contributed by atoms with Crippen LogP contribution in [0, 0.1) is 0 Å². The van der Waals surface area contributed by atoms with Crippen molar-refractivity contribution in [2.45, 2.75) is 6.18 Å². The van der Waals surface area contributed by atoms with Crippen molar-refractivity contribution in [2.24, 2.45) is 5.14 Å². The number of hydrogen-bond acceptors (Lipinski definition) is 3. The highest BCUT2D eigenvalue weighted by molar-refractivity contribution is 7.86. The molecule has 90 valence electrons. The van der Waals surface area contributed by atoms with Crippen molar-refractivity contribution in [1.29, 1.82) is 0 Å². The molecule has 0 aliphatic heterocycles. The van der Waals surface area contributed by atoms with Gasteiger partial charge in [0.05, 0.1) is 6.54 Å². The van der Waals surface area contributed by atoms with Crippen LogP contribution in [0.1, 0.15) is 0 Å². The van der Waals surface area contributed by atoms with Crippen LogP contribution < -0.4 is 10.5 Å². The van der Waals surface area contributed by atoms with Gasteiger partial charge in [-0.15, -0.1) is 0 Å². The van der Waals surface area contributed by atoms with Crippen LogP contribution in [0.2, 0.25) is 0 Å². The maximum atomic E-state index is 11.6. The molecule has 0 rings (SSSR count). The normalized spacial score (nSPS) is 12.9. The quantitative estimate of drug-likeness (QED) is 0.655. The van der Waals surface area contributed by atoms with Gasteiger partial charge in [0.2, 0.25) is 5.91 Å². The summed E-state index contributed by atoms with van der Waals surface area (Å²) in [5, 5.41) is 6.11. The Kier molecular flexibility index (Phi) is 4.49. The van der Waals surface area contributed by atoms with E-state index in [0.717, 1.165) is 7.05 Å². The second-order valence-electron chi connectivity index (χ2n) is 2.69. The highest BCUT2D eigenvalue weighted by Gasteiger charge is 2.28. The van der Waals surface area contributed by atoms with Gasteiger partial charge in [0.1, 0.15) is 6.54 Å². The van der Waals surface area contributed by atoms with Crippen molar-refractivity contribution < 1.29 is 26.4 Å². The van der Waals surface area contributed by atoms with E-state index in [0.29, 0.717) is 4.31 Å².